The number of likely N-dealkylation sites (tertiary alicyclic amines) is 1. The molecule has 2 heterocycles. The van der Waals surface area contributed by atoms with Crippen LogP contribution in [0, 0.1) is 0 Å². The summed E-state index contributed by atoms with van der Waals surface area (Å²) in [6.07, 6.45) is 5.45. The highest BCUT2D eigenvalue weighted by Crippen LogP contribution is 2.18. The molecule has 0 atom stereocenters. The van der Waals surface area contributed by atoms with E-state index in [0.29, 0.717) is 11.4 Å². The third kappa shape index (κ3) is 4.55. The maximum absolute atomic E-state index is 12.3. The van der Waals surface area contributed by atoms with Crippen molar-refractivity contribution < 1.29 is 13.2 Å². The minimum Gasteiger partial charge on any atom is -0.490 e. The lowest BCUT2D eigenvalue weighted by molar-refractivity contribution is 0.104. The maximum Gasteiger partial charge on any atom is 0.179 e. The Bertz CT molecular complexity index is 727. The highest BCUT2D eigenvalue weighted by molar-refractivity contribution is 7.91. The molecule has 1 aromatic carbocycles. The Morgan fingerprint density at radius 3 is 2.38 bits per heavy atom. The van der Waals surface area contributed by atoms with E-state index in [9.17, 15) is 8.42 Å². The Morgan fingerprint density at radius 2 is 1.71 bits per heavy atom. The molecule has 6 heteroatoms. The molecule has 0 aliphatic carbocycles. The van der Waals surface area contributed by atoms with Gasteiger partial charge in [0, 0.05) is 32.0 Å². The Hall–Kier alpha value is -1.92. The summed E-state index contributed by atoms with van der Waals surface area (Å²) in [7, 11) is -3.20. The molecule has 5 nitrogen and oxygen atoms in total. The van der Waals surface area contributed by atoms with Crippen molar-refractivity contribution in [1.82, 2.24) is 9.88 Å². The molecule has 2 aromatic rings. The second kappa shape index (κ2) is 7.77. The third-order valence-electron chi connectivity index (χ3n) is 4.27. The van der Waals surface area contributed by atoms with Gasteiger partial charge in [0.05, 0.1) is 10.6 Å². The van der Waals surface area contributed by atoms with Crippen LogP contribution in [0.25, 0.3) is 0 Å². The van der Waals surface area contributed by atoms with Gasteiger partial charge in [0.25, 0.3) is 0 Å². The summed E-state index contributed by atoms with van der Waals surface area (Å²) in [6, 6.07) is 12.4. The monoisotopic (exact) mass is 346 g/mol. The second-order valence-corrected chi connectivity index (χ2v) is 8.08. The van der Waals surface area contributed by atoms with Crippen LogP contribution in [0.5, 0.6) is 5.75 Å². The van der Waals surface area contributed by atoms with Crippen molar-refractivity contribution in [2.45, 2.75) is 23.8 Å². The molecule has 1 fully saturated rings. The molecule has 0 radical (unpaired) electrons. The standard InChI is InChI=1S/C18H22N2O3S/c21-24(22,18-4-2-1-3-5-18)15-14-20-12-8-17(9-13-20)23-16-6-10-19-11-7-16/h1-7,10-11,17H,8-9,12-15H2. The fourth-order valence-corrected chi connectivity index (χ4v) is 4.16. The molecular formula is C18H22N2O3S. The topological polar surface area (TPSA) is 59.5 Å². The first-order valence-electron chi connectivity index (χ1n) is 8.20. The molecular weight excluding hydrogens is 324 g/mol. The molecule has 0 saturated carbocycles. The van der Waals surface area contributed by atoms with E-state index in [-0.39, 0.29) is 11.9 Å². The van der Waals surface area contributed by atoms with Crippen molar-refractivity contribution in [2.24, 2.45) is 0 Å². The van der Waals surface area contributed by atoms with Crippen LogP contribution in [0.2, 0.25) is 0 Å². The number of nitrogens with zero attached hydrogens (tertiary/aromatic N) is 2. The van der Waals surface area contributed by atoms with Gasteiger partial charge < -0.3 is 9.64 Å². The lowest BCUT2D eigenvalue weighted by atomic mass is 10.1. The smallest absolute Gasteiger partial charge is 0.179 e. The van der Waals surface area contributed by atoms with Crippen molar-refractivity contribution in [2.75, 3.05) is 25.4 Å². The molecule has 1 aliphatic rings. The lowest BCUT2D eigenvalue weighted by Crippen LogP contribution is -2.40. The first kappa shape index (κ1) is 16.9. The average Bonchev–Trinajstić information content (AvgIpc) is 2.63. The van der Waals surface area contributed by atoms with E-state index in [0.717, 1.165) is 31.7 Å². The Morgan fingerprint density at radius 1 is 1.04 bits per heavy atom. The Labute approximate surface area is 143 Å². The van der Waals surface area contributed by atoms with Gasteiger partial charge in [-0.05, 0) is 37.1 Å². The van der Waals surface area contributed by atoms with Gasteiger partial charge in [0.1, 0.15) is 11.9 Å². The number of sulfone groups is 1. The predicted octanol–water partition coefficient (Wildman–Crippen LogP) is 2.40. The lowest BCUT2D eigenvalue weighted by Gasteiger charge is -2.32. The molecule has 0 bridgehead atoms. The number of benzene rings is 1. The molecule has 0 unspecified atom stereocenters. The van der Waals surface area contributed by atoms with E-state index in [1.54, 1.807) is 36.7 Å². The van der Waals surface area contributed by atoms with E-state index in [2.05, 4.69) is 9.88 Å². The molecule has 1 aromatic heterocycles. The molecule has 128 valence electrons. The summed E-state index contributed by atoms with van der Waals surface area (Å²) in [5, 5.41) is 0. The zero-order valence-corrected chi connectivity index (χ0v) is 14.4. The summed E-state index contributed by atoms with van der Waals surface area (Å²) < 4.78 is 30.6. The van der Waals surface area contributed by atoms with Gasteiger partial charge in [-0.2, -0.15) is 0 Å². The van der Waals surface area contributed by atoms with Crippen molar-refractivity contribution in [3.8, 4) is 5.75 Å². The molecule has 0 amide bonds. The largest absolute Gasteiger partial charge is 0.490 e. The number of piperidine rings is 1. The Kier molecular flexibility index (Phi) is 5.48. The summed E-state index contributed by atoms with van der Waals surface area (Å²) in [4.78, 5) is 6.58. The van der Waals surface area contributed by atoms with Gasteiger partial charge in [-0.3, -0.25) is 4.98 Å². The van der Waals surface area contributed by atoms with Crippen LogP contribution in [0.1, 0.15) is 12.8 Å². The zero-order chi connectivity index (χ0) is 16.8. The van der Waals surface area contributed by atoms with Crippen LogP contribution in [0.3, 0.4) is 0 Å². The van der Waals surface area contributed by atoms with Crippen LogP contribution in [-0.4, -0.2) is 49.8 Å². The van der Waals surface area contributed by atoms with E-state index in [1.807, 2.05) is 18.2 Å². The quantitative estimate of drug-likeness (QED) is 0.804. The van der Waals surface area contributed by atoms with Crippen LogP contribution >= 0.6 is 0 Å². The maximum atomic E-state index is 12.3. The zero-order valence-electron chi connectivity index (χ0n) is 13.5. The number of aromatic nitrogens is 1. The molecule has 0 N–H and O–H groups in total. The van der Waals surface area contributed by atoms with E-state index >= 15 is 0 Å². The van der Waals surface area contributed by atoms with E-state index in [1.165, 1.54) is 0 Å². The Balaban J connectivity index is 1.46. The predicted molar refractivity (Wildman–Crippen MR) is 92.8 cm³/mol. The number of ether oxygens (including phenoxy) is 1. The normalized spacial score (nSPS) is 16.8. The van der Waals surface area contributed by atoms with Crippen molar-refractivity contribution >= 4 is 9.84 Å². The summed E-state index contributed by atoms with van der Waals surface area (Å²) in [6.45, 7) is 2.29. The third-order valence-corrected chi connectivity index (χ3v) is 5.98. The van der Waals surface area contributed by atoms with Crippen LogP contribution in [-0.2, 0) is 9.84 Å². The van der Waals surface area contributed by atoms with Gasteiger partial charge in [-0.25, -0.2) is 8.42 Å². The van der Waals surface area contributed by atoms with Crippen LogP contribution in [0.4, 0.5) is 0 Å². The minimum absolute atomic E-state index is 0.160. The fourth-order valence-electron chi connectivity index (χ4n) is 2.85. The van der Waals surface area contributed by atoms with Gasteiger partial charge in [0.2, 0.25) is 0 Å². The molecule has 0 spiro atoms. The summed E-state index contributed by atoms with van der Waals surface area (Å²) in [5.41, 5.74) is 0. The average molecular weight is 346 g/mol. The number of rotatable bonds is 6. The van der Waals surface area contributed by atoms with Crippen molar-refractivity contribution in [1.29, 1.82) is 0 Å². The summed E-state index contributed by atoms with van der Waals surface area (Å²) >= 11 is 0. The van der Waals surface area contributed by atoms with Crippen LogP contribution < -0.4 is 4.74 Å². The van der Waals surface area contributed by atoms with Gasteiger partial charge in [-0.15, -0.1) is 0 Å². The van der Waals surface area contributed by atoms with Gasteiger partial charge in [0.15, 0.2) is 9.84 Å². The number of hydrogen-bond donors (Lipinski definition) is 0. The van der Waals surface area contributed by atoms with E-state index < -0.39 is 9.84 Å². The summed E-state index contributed by atoms with van der Waals surface area (Å²) in [5.74, 6) is 1.00. The molecule has 1 aliphatic heterocycles. The first-order chi connectivity index (χ1) is 11.6. The van der Waals surface area contributed by atoms with Gasteiger partial charge >= 0.3 is 0 Å². The number of hydrogen-bond acceptors (Lipinski definition) is 5. The molecule has 1 saturated heterocycles. The second-order valence-electron chi connectivity index (χ2n) is 5.97. The first-order valence-corrected chi connectivity index (χ1v) is 9.85. The molecule has 3 rings (SSSR count). The van der Waals surface area contributed by atoms with E-state index in [4.69, 9.17) is 4.74 Å². The highest BCUT2D eigenvalue weighted by atomic mass is 32.2. The molecule has 24 heavy (non-hydrogen) atoms. The highest BCUT2D eigenvalue weighted by Gasteiger charge is 2.22. The minimum atomic E-state index is -3.20. The fraction of sp³-hybridized carbons (Fsp3) is 0.389. The number of pyridine rings is 1. The van der Waals surface area contributed by atoms with Gasteiger partial charge in [-0.1, -0.05) is 18.2 Å². The van der Waals surface area contributed by atoms with Crippen LogP contribution in [0.15, 0.2) is 59.8 Å². The van der Waals surface area contributed by atoms with Crippen molar-refractivity contribution in [3.05, 3.63) is 54.9 Å². The van der Waals surface area contributed by atoms with Crippen molar-refractivity contribution in [3.63, 3.8) is 0 Å². The SMILES string of the molecule is O=S(=O)(CCN1CCC(Oc2ccncc2)CC1)c1ccccc1.